The highest BCUT2D eigenvalue weighted by atomic mass is 19.4. The molecule has 11 heteroatoms. The van der Waals surface area contributed by atoms with Crippen molar-refractivity contribution in [3.8, 4) is 5.75 Å². The van der Waals surface area contributed by atoms with Gasteiger partial charge in [-0.05, 0) is 42.5 Å². The van der Waals surface area contributed by atoms with E-state index in [0.29, 0.717) is 22.5 Å². The number of carbonyl (C=O) groups is 2. The lowest BCUT2D eigenvalue weighted by Gasteiger charge is -2.14. The maximum Gasteiger partial charge on any atom is 0.416 e. The third-order valence-corrected chi connectivity index (χ3v) is 5.01. The zero-order chi connectivity index (χ0) is 25.0. The second-order valence-electron chi connectivity index (χ2n) is 7.46. The second kappa shape index (κ2) is 9.84. The van der Waals surface area contributed by atoms with Gasteiger partial charge >= 0.3 is 6.18 Å². The fourth-order valence-electron chi connectivity index (χ4n) is 3.31. The number of benzene rings is 3. The van der Waals surface area contributed by atoms with Gasteiger partial charge in [0.25, 0.3) is 5.91 Å². The van der Waals surface area contributed by atoms with Gasteiger partial charge < -0.3 is 15.4 Å². The van der Waals surface area contributed by atoms with Gasteiger partial charge in [-0.15, -0.1) is 0 Å². The number of anilines is 1. The number of amides is 2. The summed E-state index contributed by atoms with van der Waals surface area (Å²) in [6, 6.07) is 15.3. The number of fused-ring (bicyclic) bond motifs is 1. The van der Waals surface area contributed by atoms with Crippen LogP contribution in [0.3, 0.4) is 0 Å². The van der Waals surface area contributed by atoms with Crippen molar-refractivity contribution < 1.29 is 31.9 Å². The first kappa shape index (κ1) is 23.7. The van der Waals surface area contributed by atoms with Gasteiger partial charge in [-0.1, -0.05) is 24.3 Å². The highest BCUT2D eigenvalue weighted by Crippen LogP contribution is 2.33. The average Bonchev–Trinajstić information content (AvgIpc) is 3.23. The highest BCUT2D eigenvalue weighted by molar-refractivity contribution is 6.03. The normalized spacial score (nSPS) is 11.3. The topological polar surface area (TPSA) is 96.1 Å². The highest BCUT2D eigenvalue weighted by Gasteiger charge is 2.33. The number of aromatic nitrogens is 2. The number of aromatic amines is 1. The summed E-state index contributed by atoms with van der Waals surface area (Å²) in [6.45, 7) is -0.755. The molecule has 7 nitrogen and oxygen atoms in total. The molecule has 0 bridgehead atoms. The van der Waals surface area contributed by atoms with Gasteiger partial charge in [0, 0.05) is 16.5 Å². The zero-order valence-corrected chi connectivity index (χ0v) is 17.9. The smallest absolute Gasteiger partial charge is 0.416 e. The predicted octanol–water partition coefficient (Wildman–Crippen LogP) is 4.67. The Morgan fingerprint density at radius 1 is 1.00 bits per heavy atom. The van der Waals surface area contributed by atoms with E-state index in [1.54, 1.807) is 36.4 Å². The molecule has 1 heterocycles. The number of rotatable bonds is 7. The molecule has 1 aromatic heterocycles. The van der Waals surface area contributed by atoms with Crippen LogP contribution >= 0.6 is 0 Å². The lowest BCUT2D eigenvalue weighted by atomic mass is 10.1. The molecule has 0 unspecified atom stereocenters. The molecule has 0 saturated heterocycles. The van der Waals surface area contributed by atoms with Crippen LogP contribution in [0.4, 0.5) is 23.4 Å². The summed E-state index contributed by atoms with van der Waals surface area (Å²) in [7, 11) is 0. The van der Waals surface area contributed by atoms with Crippen molar-refractivity contribution >= 4 is 28.5 Å². The van der Waals surface area contributed by atoms with Crippen LogP contribution in [0.1, 0.15) is 21.5 Å². The van der Waals surface area contributed by atoms with Crippen LogP contribution < -0.4 is 15.4 Å². The summed E-state index contributed by atoms with van der Waals surface area (Å²) in [5.41, 5.74) is -0.401. The van der Waals surface area contributed by atoms with Crippen molar-refractivity contribution in [2.24, 2.45) is 0 Å². The fourth-order valence-corrected chi connectivity index (χ4v) is 3.31. The number of halogens is 4. The molecule has 0 spiro atoms. The van der Waals surface area contributed by atoms with Crippen LogP contribution in [0.2, 0.25) is 0 Å². The number of carbonyl (C=O) groups excluding carboxylic acids is 2. The summed E-state index contributed by atoms with van der Waals surface area (Å²) >= 11 is 0. The van der Waals surface area contributed by atoms with Crippen molar-refractivity contribution in [1.82, 2.24) is 15.5 Å². The van der Waals surface area contributed by atoms with E-state index in [1.807, 2.05) is 0 Å². The molecule has 0 aliphatic rings. The third-order valence-electron chi connectivity index (χ3n) is 5.01. The molecular formula is C24H18F4N4O3. The molecule has 3 aromatic carbocycles. The van der Waals surface area contributed by atoms with Gasteiger partial charge in [-0.3, -0.25) is 14.7 Å². The standard InChI is InChI=1S/C24H18F4N4O3/c25-16-7-6-15(19(10-16)24(26,27)28)13-35-17-8-9-20-18(11-17)22(32-31-20)30-21(33)12-29-23(34)14-4-2-1-3-5-14/h1-11H,12-13H2,(H,29,34)(H2,30,31,32,33). The minimum Gasteiger partial charge on any atom is -0.489 e. The molecule has 0 aliphatic heterocycles. The van der Waals surface area contributed by atoms with E-state index in [-0.39, 0.29) is 23.7 Å². The van der Waals surface area contributed by atoms with Crippen molar-refractivity contribution in [2.75, 3.05) is 11.9 Å². The van der Waals surface area contributed by atoms with Gasteiger partial charge in [0.05, 0.1) is 17.6 Å². The van der Waals surface area contributed by atoms with Gasteiger partial charge in [-0.25, -0.2) is 4.39 Å². The number of hydrogen-bond acceptors (Lipinski definition) is 4. The van der Waals surface area contributed by atoms with Crippen LogP contribution in [-0.2, 0) is 17.6 Å². The minimum atomic E-state index is -4.73. The Labute approximate surface area is 196 Å². The van der Waals surface area contributed by atoms with E-state index < -0.39 is 36.0 Å². The van der Waals surface area contributed by atoms with E-state index in [4.69, 9.17) is 4.74 Å². The number of nitrogens with zero attached hydrogens (tertiary/aromatic N) is 1. The fraction of sp³-hybridized carbons (Fsp3) is 0.125. The van der Waals surface area contributed by atoms with Crippen LogP contribution in [0, 0.1) is 5.82 Å². The Balaban J connectivity index is 1.43. The van der Waals surface area contributed by atoms with E-state index in [1.165, 1.54) is 12.1 Å². The minimum absolute atomic E-state index is 0.155. The second-order valence-corrected chi connectivity index (χ2v) is 7.46. The molecule has 35 heavy (non-hydrogen) atoms. The summed E-state index contributed by atoms with van der Waals surface area (Å²) < 4.78 is 58.4. The first-order valence-electron chi connectivity index (χ1n) is 10.3. The van der Waals surface area contributed by atoms with Crippen molar-refractivity contribution in [3.05, 3.63) is 89.2 Å². The number of hydrogen-bond donors (Lipinski definition) is 3. The van der Waals surface area contributed by atoms with Crippen LogP contribution in [-0.4, -0.2) is 28.6 Å². The number of H-pyrrole nitrogens is 1. The van der Waals surface area contributed by atoms with Crippen LogP contribution in [0.25, 0.3) is 10.9 Å². The Bertz CT molecular complexity index is 1370. The van der Waals surface area contributed by atoms with E-state index in [2.05, 4.69) is 20.8 Å². The Kier molecular flexibility index (Phi) is 6.67. The van der Waals surface area contributed by atoms with Crippen molar-refractivity contribution in [2.45, 2.75) is 12.8 Å². The number of alkyl halides is 3. The molecule has 0 radical (unpaired) electrons. The third kappa shape index (κ3) is 5.75. The quantitative estimate of drug-likeness (QED) is 0.331. The summed E-state index contributed by atoms with van der Waals surface area (Å²) in [5.74, 6) is -1.58. The average molecular weight is 486 g/mol. The van der Waals surface area contributed by atoms with Crippen molar-refractivity contribution in [3.63, 3.8) is 0 Å². The maximum atomic E-state index is 13.3. The Hall–Kier alpha value is -4.41. The molecular weight excluding hydrogens is 468 g/mol. The van der Waals surface area contributed by atoms with E-state index >= 15 is 0 Å². The van der Waals surface area contributed by atoms with E-state index in [0.717, 1.165) is 12.1 Å². The molecule has 4 aromatic rings. The first-order chi connectivity index (χ1) is 16.7. The van der Waals surface area contributed by atoms with Crippen LogP contribution in [0.5, 0.6) is 5.75 Å². The Morgan fingerprint density at radius 3 is 2.51 bits per heavy atom. The lowest BCUT2D eigenvalue weighted by molar-refractivity contribution is -0.138. The van der Waals surface area contributed by atoms with Gasteiger partial charge in [0.1, 0.15) is 18.2 Å². The summed E-state index contributed by atoms with van der Waals surface area (Å²) in [4.78, 5) is 24.4. The van der Waals surface area contributed by atoms with Gasteiger partial charge in [0.2, 0.25) is 5.91 Å². The van der Waals surface area contributed by atoms with Crippen molar-refractivity contribution in [1.29, 1.82) is 0 Å². The monoisotopic (exact) mass is 486 g/mol. The van der Waals surface area contributed by atoms with E-state index in [9.17, 15) is 27.2 Å². The molecule has 0 atom stereocenters. The number of ether oxygens (including phenoxy) is 1. The maximum absolute atomic E-state index is 13.3. The zero-order valence-electron chi connectivity index (χ0n) is 17.9. The lowest BCUT2D eigenvalue weighted by Crippen LogP contribution is -2.32. The molecule has 2 amide bonds. The predicted molar refractivity (Wildman–Crippen MR) is 119 cm³/mol. The molecule has 0 fully saturated rings. The molecule has 4 rings (SSSR count). The molecule has 3 N–H and O–H groups in total. The van der Waals surface area contributed by atoms with Gasteiger partial charge in [0.15, 0.2) is 5.82 Å². The first-order valence-corrected chi connectivity index (χ1v) is 10.3. The Morgan fingerprint density at radius 2 is 1.77 bits per heavy atom. The largest absolute Gasteiger partial charge is 0.489 e. The summed E-state index contributed by atoms with van der Waals surface area (Å²) in [5, 5.41) is 12.3. The molecule has 0 aliphatic carbocycles. The van der Waals surface area contributed by atoms with Gasteiger partial charge in [-0.2, -0.15) is 18.3 Å². The SMILES string of the molecule is O=C(CNC(=O)c1ccccc1)Nc1n[nH]c2ccc(OCc3ccc(F)cc3C(F)(F)F)cc12. The van der Waals surface area contributed by atoms with Crippen LogP contribution in [0.15, 0.2) is 66.7 Å². The summed E-state index contributed by atoms with van der Waals surface area (Å²) in [6.07, 6.45) is -4.73. The number of nitrogens with one attached hydrogen (secondary N) is 3. The molecule has 0 saturated carbocycles. The molecule has 180 valence electrons.